The topological polar surface area (TPSA) is 71.4 Å². The number of benzene rings is 1. The first-order valence-electron chi connectivity index (χ1n) is 6.98. The molecule has 3 rings (SSSR count). The molecule has 0 amide bonds. The van der Waals surface area contributed by atoms with Crippen molar-refractivity contribution in [2.75, 3.05) is 36.0 Å². The van der Waals surface area contributed by atoms with Gasteiger partial charge in [0.2, 0.25) is 5.89 Å². The predicted molar refractivity (Wildman–Crippen MR) is 77.7 cm³/mol. The van der Waals surface area contributed by atoms with E-state index in [0.29, 0.717) is 43.8 Å². The third kappa shape index (κ3) is 2.82. The molecule has 0 bridgehead atoms. The average molecular weight is 291 g/mol. The lowest BCUT2D eigenvalue weighted by molar-refractivity contribution is 0.450. The minimum atomic E-state index is -0.272. The third-order valence-corrected chi connectivity index (χ3v) is 3.56. The summed E-state index contributed by atoms with van der Waals surface area (Å²) in [6.45, 7) is 4.62. The summed E-state index contributed by atoms with van der Waals surface area (Å²) in [6, 6.07) is 7.03. The maximum atomic E-state index is 13.8. The first-order chi connectivity index (χ1) is 10.1. The van der Waals surface area contributed by atoms with E-state index in [1.54, 1.807) is 19.1 Å². The Kier molecular flexibility index (Phi) is 3.74. The Morgan fingerprint density at radius 3 is 2.43 bits per heavy atom. The molecule has 0 aliphatic carbocycles. The second-order valence-electron chi connectivity index (χ2n) is 5.14. The van der Waals surface area contributed by atoms with Crippen molar-refractivity contribution >= 4 is 11.7 Å². The fraction of sp³-hybridized carbons (Fsp3) is 0.429. The largest absolute Gasteiger partial charge is 0.406 e. The van der Waals surface area contributed by atoms with Gasteiger partial charge in [0.05, 0.1) is 11.7 Å². The summed E-state index contributed by atoms with van der Waals surface area (Å²) in [4.78, 5) is 4.02. The highest BCUT2D eigenvalue weighted by Gasteiger charge is 2.23. The molecule has 0 spiro atoms. The molecule has 2 N–H and O–H groups in total. The molecule has 7 heteroatoms. The molecule has 1 aliphatic rings. The molecule has 112 valence electrons. The molecule has 1 unspecified atom stereocenters. The number of halogens is 1. The molecular weight excluding hydrogens is 273 g/mol. The van der Waals surface area contributed by atoms with Crippen molar-refractivity contribution in [3.05, 3.63) is 36.0 Å². The van der Waals surface area contributed by atoms with Crippen molar-refractivity contribution in [1.29, 1.82) is 0 Å². The SMILES string of the molecule is CC(N)c1nnc(N2CCN(c3ccccc3F)CC2)o1. The van der Waals surface area contributed by atoms with Gasteiger partial charge in [-0.25, -0.2) is 4.39 Å². The lowest BCUT2D eigenvalue weighted by atomic mass is 10.2. The predicted octanol–water partition coefficient (Wildman–Crippen LogP) is 1.55. The molecule has 1 saturated heterocycles. The van der Waals surface area contributed by atoms with Gasteiger partial charge in [0, 0.05) is 26.2 Å². The second-order valence-corrected chi connectivity index (χ2v) is 5.14. The van der Waals surface area contributed by atoms with Crippen LogP contribution < -0.4 is 15.5 Å². The van der Waals surface area contributed by atoms with Crippen LogP contribution in [0.25, 0.3) is 0 Å². The van der Waals surface area contributed by atoms with Crippen LogP contribution in [0, 0.1) is 5.82 Å². The van der Waals surface area contributed by atoms with E-state index < -0.39 is 0 Å². The number of rotatable bonds is 3. The summed E-state index contributed by atoms with van der Waals surface area (Å²) in [5, 5.41) is 7.94. The van der Waals surface area contributed by atoms with Crippen molar-refractivity contribution in [3.8, 4) is 0 Å². The van der Waals surface area contributed by atoms with Crippen molar-refractivity contribution in [3.63, 3.8) is 0 Å². The number of nitrogens with zero attached hydrogens (tertiary/aromatic N) is 4. The highest BCUT2D eigenvalue weighted by Crippen LogP contribution is 2.22. The maximum Gasteiger partial charge on any atom is 0.318 e. The maximum absolute atomic E-state index is 13.8. The van der Waals surface area contributed by atoms with Gasteiger partial charge in [-0.05, 0) is 19.1 Å². The van der Waals surface area contributed by atoms with Gasteiger partial charge < -0.3 is 20.0 Å². The van der Waals surface area contributed by atoms with E-state index in [0.717, 1.165) is 0 Å². The third-order valence-electron chi connectivity index (χ3n) is 3.56. The van der Waals surface area contributed by atoms with Gasteiger partial charge in [-0.3, -0.25) is 0 Å². The quantitative estimate of drug-likeness (QED) is 0.925. The van der Waals surface area contributed by atoms with Crippen LogP contribution in [-0.4, -0.2) is 36.4 Å². The number of nitrogens with two attached hydrogens (primary N) is 1. The van der Waals surface area contributed by atoms with Crippen molar-refractivity contribution in [2.45, 2.75) is 13.0 Å². The summed E-state index contributed by atoms with van der Waals surface area (Å²) < 4.78 is 19.3. The zero-order chi connectivity index (χ0) is 14.8. The standard InChI is InChI=1S/C14H18FN5O/c1-10(16)13-17-18-14(21-13)20-8-6-19(7-9-20)12-5-3-2-4-11(12)15/h2-5,10H,6-9,16H2,1H3. The van der Waals surface area contributed by atoms with Gasteiger partial charge in [0.25, 0.3) is 0 Å². The molecule has 1 aliphatic heterocycles. The van der Waals surface area contributed by atoms with E-state index in [-0.39, 0.29) is 11.9 Å². The molecule has 0 radical (unpaired) electrons. The van der Waals surface area contributed by atoms with Crippen LogP contribution >= 0.6 is 0 Å². The molecule has 1 fully saturated rings. The molecular formula is C14H18FN5O. The van der Waals surface area contributed by atoms with Gasteiger partial charge in [-0.1, -0.05) is 17.2 Å². The summed E-state index contributed by atoms with van der Waals surface area (Å²) in [5.74, 6) is 0.240. The van der Waals surface area contributed by atoms with Crippen LogP contribution in [0.2, 0.25) is 0 Å². The first kappa shape index (κ1) is 13.8. The molecule has 0 saturated carbocycles. The van der Waals surface area contributed by atoms with Crippen LogP contribution in [0.5, 0.6) is 0 Å². The van der Waals surface area contributed by atoms with E-state index >= 15 is 0 Å². The minimum absolute atomic E-state index is 0.192. The second kappa shape index (κ2) is 5.69. The molecule has 1 atom stereocenters. The van der Waals surface area contributed by atoms with Gasteiger partial charge in [0.15, 0.2) is 0 Å². The van der Waals surface area contributed by atoms with Crippen molar-refractivity contribution < 1.29 is 8.81 Å². The summed E-state index contributed by atoms with van der Waals surface area (Å²) >= 11 is 0. The normalized spacial score (nSPS) is 17.1. The van der Waals surface area contributed by atoms with E-state index in [9.17, 15) is 4.39 Å². The molecule has 1 aromatic heterocycles. The van der Waals surface area contributed by atoms with Crippen LogP contribution in [0.4, 0.5) is 16.1 Å². The summed E-state index contributed by atoms with van der Waals surface area (Å²) in [6.07, 6.45) is 0. The lowest BCUT2D eigenvalue weighted by Crippen LogP contribution is -2.47. The van der Waals surface area contributed by atoms with Crippen LogP contribution in [0.1, 0.15) is 18.9 Å². The Morgan fingerprint density at radius 1 is 1.14 bits per heavy atom. The molecule has 2 aromatic rings. The highest BCUT2D eigenvalue weighted by molar-refractivity contribution is 5.49. The van der Waals surface area contributed by atoms with Crippen LogP contribution in [0.3, 0.4) is 0 Å². The Labute approximate surface area is 122 Å². The van der Waals surface area contributed by atoms with Gasteiger partial charge in [-0.15, -0.1) is 5.10 Å². The number of anilines is 2. The van der Waals surface area contributed by atoms with Crippen LogP contribution in [0.15, 0.2) is 28.7 Å². The smallest absolute Gasteiger partial charge is 0.318 e. The Morgan fingerprint density at radius 2 is 1.81 bits per heavy atom. The van der Waals surface area contributed by atoms with E-state index in [2.05, 4.69) is 10.2 Å². The molecule has 6 nitrogen and oxygen atoms in total. The fourth-order valence-corrected chi connectivity index (χ4v) is 2.39. The number of piperazine rings is 1. The molecule has 1 aromatic carbocycles. The monoisotopic (exact) mass is 291 g/mol. The zero-order valence-electron chi connectivity index (χ0n) is 11.9. The number of aromatic nitrogens is 2. The zero-order valence-corrected chi connectivity index (χ0v) is 11.9. The Balaban J connectivity index is 1.66. The summed E-state index contributed by atoms with van der Waals surface area (Å²) in [5.41, 5.74) is 6.34. The van der Waals surface area contributed by atoms with Crippen LogP contribution in [-0.2, 0) is 0 Å². The summed E-state index contributed by atoms with van der Waals surface area (Å²) in [7, 11) is 0. The Bertz CT molecular complexity index is 607. The van der Waals surface area contributed by atoms with Gasteiger partial charge in [0.1, 0.15) is 5.82 Å². The fourth-order valence-electron chi connectivity index (χ4n) is 2.39. The lowest BCUT2D eigenvalue weighted by Gasteiger charge is -2.35. The first-order valence-corrected chi connectivity index (χ1v) is 6.98. The average Bonchev–Trinajstić information content (AvgIpc) is 2.98. The molecule has 21 heavy (non-hydrogen) atoms. The van der Waals surface area contributed by atoms with Crippen molar-refractivity contribution in [2.24, 2.45) is 5.73 Å². The van der Waals surface area contributed by atoms with Crippen molar-refractivity contribution in [1.82, 2.24) is 10.2 Å². The number of hydrogen-bond donors (Lipinski definition) is 1. The highest BCUT2D eigenvalue weighted by atomic mass is 19.1. The Hall–Kier alpha value is -2.15. The van der Waals surface area contributed by atoms with E-state index in [1.807, 2.05) is 15.9 Å². The van der Waals surface area contributed by atoms with E-state index in [4.69, 9.17) is 10.2 Å². The van der Waals surface area contributed by atoms with Gasteiger partial charge in [-0.2, -0.15) is 0 Å². The van der Waals surface area contributed by atoms with Gasteiger partial charge >= 0.3 is 6.01 Å². The van der Waals surface area contributed by atoms with E-state index in [1.165, 1.54) is 6.07 Å². The number of hydrogen-bond acceptors (Lipinski definition) is 6. The minimum Gasteiger partial charge on any atom is -0.406 e. The molecule has 2 heterocycles. The number of para-hydroxylation sites is 1.